The molecule has 0 amide bonds. The lowest BCUT2D eigenvalue weighted by Crippen LogP contribution is -2.27. The first-order valence-electron chi connectivity index (χ1n) is 10.1. The largest absolute Gasteiger partial charge is 0.474 e. The maximum Gasteiger partial charge on any atom is 0.267 e. The van der Waals surface area contributed by atoms with Gasteiger partial charge in [0.2, 0.25) is 11.8 Å². The van der Waals surface area contributed by atoms with E-state index < -0.39 is 0 Å². The van der Waals surface area contributed by atoms with Gasteiger partial charge in [0.15, 0.2) is 0 Å². The minimum absolute atomic E-state index is 0.0357. The van der Waals surface area contributed by atoms with Gasteiger partial charge in [0, 0.05) is 24.5 Å². The molecule has 0 aliphatic carbocycles. The second kappa shape index (κ2) is 8.62. The molecule has 8 heteroatoms. The molecule has 8 nitrogen and oxygen atoms in total. The van der Waals surface area contributed by atoms with Crippen molar-refractivity contribution >= 4 is 5.95 Å². The number of nitrogens with zero attached hydrogens (tertiary/aromatic N) is 4. The monoisotopic (exact) mass is 407 g/mol. The standard InChI is InChI=1S/C22H25N5O3/c1-14(2)27-18(28)9-8-17(26-27)19-20(15-6-4-3-5-7-15)24-22(23)25-21(19)30-16-10-12-29-13-11-16/h3-9,14,16H,10-13H2,1-2H3,(H2,23,24,25). The van der Waals surface area contributed by atoms with E-state index in [1.807, 2.05) is 44.2 Å². The number of rotatable bonds is 5. The zero-order chi connectivity index (χ0) is 21.1. The molecule has 1 aliphatic rings. The van der Waals surface area contributed by atoms with Crippen LogP contribution >= 0.6 is 0 Å². The van der Waals surface area contributed by atoms with Gasteiger partial charge in [0.05, 0.1) is 36.2 Å². The summed E-state index contributed by atoms with van der Waals surface area (Å²) in [6.07, 6.45) is 1.50. The van der Waals surface area contributed by atoms with E-state index in [4.69, 9.17) is 15.2 Å². The maximum atomic E-state index is 12.3. The van der Waals surface area contributed by atoms with E-state index >= 15 is 0 Å². The van der Waals surface area contributed by atoms with Crippen molar-refractivity contribution in [2.24, 2.45) is 0 Å². The fourth-order valence-corrected chi connectivity index (χ4v) is 3.46. The topological polar surface area (TPSA) is 105 Å². The summed E-state index contributed by atoms with van der Waals surface area (Å²) >= 11 is 0. The molecule has 1 aromatic carbocycles. The fourth-order valence-electron chi connectivity index (χ4n) is 3.46. The Kier molecular flexibility index (Phi) is 5.76. The van der Waals surface area contributed by atoms with E-state index in [2.05, 4.69) is 15.1 Å². The van der Waals surface area contributed by atoms with Crippen molar-refractivity contribution in [3.05, 3.63) is 52.8 Å². The van der Waals surface area contributed by atoms with Crippen molar-refractivity contribution in [1.29, 1.82) is 0 Å². The Morgan fingerprint density at radius 3 is 2.53 bits per heavy atom. The van der Waals surface area contributed by atoms with E-state index in [0.29, 0.717) is 36.0 Å². The molecule has 156 valence electrons. The number of hydrogen-bond donors (Lipinski definition) is 1. The highest BCUT2D eigenvalue weighted by atomic mass is 16.5. The summed E-state index contributed by atoms with van der Waals surface area (Å²) in [7, 11) is 0. The molecule has 0 spiro atoms. The average Bonchev–Trinajstić information content (AvgIpc) is 2.75. The SMILES string of the molecule is CC(C)n1nc(-c2c(OC3CCOCC3)nc(N)nc2-c2ccccc2)ccc1=O. The maximum absolute atomic E-state index is 12.3. The van der Waals surface area contributed by atoms with Crippen molar-refractivity contribution < 1.29 is 9.47 Å². The van der Waals surface area contributed by atoms with Crippen LogP contribution in [0.5, 0.6) is 5.88 Å². The predicted octanol–water partition coefficient (Wildman–Crippen LogP) is 3.09. The van der Waals surface area contributed by atoms with E-state index in [1.165, 1.54) is 10.7 Å². The van der Waals surface area contributed by atoms with E-state index in [9.17, 15) is 4.79 Å². The minimum Gasteiger partial charge on any atom is -0.474 e. The summed E-state index contributed by atoms with van der Waals surface area (Å²) in [5.41, 5.74) is 8.54. The Morgan fingerprint density at radius 2 is 1.83 bits per heavy atom. The first-order valence-corrected chi connectivity index (χ1v) is 10.1. The van der Waals surface area contributed by atoms with Crippen LogP contribution < -0.4 is 16.0 Å². The van der Waals surface area contributed by atoms with Gasteiger partial charge >= 0.3 is 0 Å². The summed E-state index contributed by atoms with van der Waals surface area (Å²) in [5.74, 6) is 0.492. The summed E-state index contributed by atoms with van der Waals surface area (Å²) in [4.78, 5) is 21.2. The Labute approximate surface area is 174 Å². The fraction of sp³-hybridized carbons (Fsp3) is 0.364. The van der Waals surface area contributed by atoms with Gasteiger partial charge in [-0.15, -0.1) is 0 Å². The molecular formula is C22H25N5O3. The van der Waals surface area contributed by atoms with Gasteiger partial charge in [-0.05, 0) is 19.9 Å². The van der Waals surface area contributed by atoms with Crippen LogP contribution in [0.2, 0.25) is 0 Å². The van der Waals surface area contributed by atoms with Gasteiger partial charge in [-0.2, -0.15) is 10.1 Å². The number of hydrogen-bond acceptors (Lipinski definition) is 7. The van der Waals surface area contributed by atoms with Crippen molar-refractivity contribution in [3.63, 3.8) is 0 Å². The highest BCUT2D eigenvalue weighted by molar-refractivity contribution is 5.83. The number of ether oxygens (including phenoxy) is 2. The number of nitrogen functional groups attached to an aromatic ring is 1. The lowest BCUT2D eigenvalue weighted by Gasteiger charge is -2.24. The molecule has 0 saturated carbocycles. The Hall–Kier alpha value is -3.26. The third-order valence-corrected chi connectivity index (χ3v) is 4.96. The second-order valence-electron chi connectivity index (χ2n) is 7.50. The van der Waals surface area contributed by atoms with Crippen molar-refractivity contribution in [2.75, 3.05) is 18.9 Å². The van der Waals surface area contributed by atoms with Gasteiger partial charge in [-0.25, -0.2) is 9.67 Å². The third-order valence-electron chi connectivity index (χ3n) is 4.96. The van der Waals surface area contributed by atoms with Crippen LogP contribution in [-0.2, 0) is 4.74 Å². The van der Waals surface area contributed by atoms with Gasteiger partial charge in [-0.3, -0.25) is 4.79 Å². The molecule has 3 aromatic rings. The van der Waals surface area contributed by atoms with Crippen LogP contribution in [0.15, 0.2) is 47.3 Å². The smallest absolute Gasteiger partial charge is 0.267 e. The molecule has 2 N–H and O–H groups in total. The second-order valence-corrected chi connectivity index (χ2v) is 7.50. The first kappa shape index (κ1) is 20.0. The van der Waals surface area contributed by atoms with Gasteiger partial charge in [-0.1, -0.05) is 30.3 Å². The summed E-state index contributed by atoms with van der Waals surface area (Å²) in [6, 6.07) is 12.8. The van der Waals surface area contributed by atoms with E-state index in [-0.39, 0.29) is 23.7 Å². The number of nitrogens with two attached hydrogens (primary N) is 1. The highest BCUT2D eigenvalue weighted by Crippen LogP contribution is 2.37. The molecule has 30 heavy (non-hydrogen) atoms. The molecule has 0 bridgehead atoms. The molecule has 1 fully saturated rings. The van der Waals surface area contributed by atoms with Crippen molar-refractivity contribution in [1.82, 2.24) is 19.7 Å². The van der Waals surface area contributed by atoms with Crippen LogP contribution in [0.4, 0.5) is 5.95 Å². The quantitative estimate of drug-likeness (QED) is 0.693. The molecular weight excluding hydrogens is 382 g/mol. The van der Waals surface area contributed by atoms with Gasteiger partial charge < -0.3 is 15.2 Å². The zero-order valence-corrected chi connectivity index (χ0v) is 17.1. The molecule has 4 rings (SSSR count). The van der Waals surface area contributed by atoms with Crippen LogP contribution in [0.3, 0.4) is 0 Å². The first-order chi connectivity index (χ1) is 14.5. The van der Waals surface area contributed by atoms with Crippen LogP contribution in [-0.4, -0.2) is 39.1 Å². The molecule has 1 saturated heterocycles. The summed E-state index contributed by atoms with van der Waals surface area (Å²) in [5, 5.41) is 4.59. The number of aromatic nitrogens is 4. The van der Waals surface area contributed by atoms with Crippen LogP contribution in [0.25, 0.3) is 22.5 Å². The third kappa shape index (κ3) is 4.18. The molecule has 0 unspecified atom stereocenters. The lowest BCUT2D eigenvalue weighted by molar-refractivity contribution is 0.0240. The molecule has 0 radical (unpaired) electrons. The molecule has 2 aromatic heterocycles. The summed E-state index contributed by atoms with van der Waals surface area (Å²) < 4.78 is 13.2. The number of benzene rings is 1. The lowest BCUT2D eigenvalue weighted by atomic mass is 10.0. The van der Waals surface area contributed by atoms with Gasteiger partial charge in [0.25, 0.3) is 5.56 Å². The highest BCUT2D eigenvalue weighted by Gasteiger charge is 2.24. The van der Waals surface area contributed by atoms with Crippen LogP contribution in [0.1, 0.15) is 32.7 Å². The predicted molar refractivity (Wildman–Crippen MR) is 114 cm³/mol. The normalized spacial score (nSPS) is 14.8. The average molecular weight is 407 g/mol. The van der Waals surface area contributed by atoms with E-state index in [0.717, 1.165) is 18.4 Å². The molecule has 1 aliphatic heterocycles. The van der Waals surface area contributed by atoms with Gasteiger partial charge in [0.1, 0.15) is 6.10 Å². The summed E-state index contributed by atoms with van der Waals surface area (Å²) in [6.45, 7) is 5.11. The van der Waals surface area contributed by atoms with Crippen molar-refractivity contribution in [3.8, 4) is 28.4 Å². The van der Waals surface area contributed by atoms with Crippen LogP contribution in [0, 0.1) is 0 Å². The molecule has 0 atom stereocenters. The zero-order valence-electron chi connectivity index (χ0n) is 17.1. The van der Waals surface area contributed by atoms with Crippen molar-refractivity contribution in [2.45, 2.75) is 38.8 Å². The molecule has 3 heterocycles. The Balaban J connectivity index is 1.91. The van der Waals surface area contributed by atoms with E-state index in [1.54, 1.807) is 6.07 Å². The Bertz CT molecular complexity index is 1080. The number of anilines is 1. The Morgan fingerprint density at radius 1 is 1.10 bits per heavy atom. The minimum atomic E-state index is -0.168.